The number of fused-ring (bicyclic) bond motifs is 1. The lowest BCUT2D eigenvalue weighted by Crippen LogP contribution is -2.23. The zero-order valence-corrected chi connectivity index (χ0v) is 13.6. The molecule has 0 N–H and O–H groups in total. The molecule has 0 saturated carbocycles. The maximum atomic E-state index is 11.9. The second kappa shape index (κ2) is 6.01. The number of amides is 1. The number of ether oxygens (including phenoxy) is 1. The van der Waals surface area contributed by atoms with Crippen LogP contribution < -0.4 is 4.90 Å². The SMILES string of the molecule is COC(=O)c1cc(-c2nc3cc(N4CCCC4=O)ccc3o2)ccn1. The molecule has 1 saturated heterocycles. The Labute approximate surface area is 143 Å². The van der Waals surface area contributed by atoms with Crippen molar-refractivity contribution in [1.82, 2.24) is 9.97 Å². The van der Waals surface area contributed by atoms with Crippen LogP contribution in [0.1, 0.15) is 23.3 Å². The minimum absolute atomic E-state index is 0.125. The molecule has 4 rings (SSSR count). The second-order valence-electron chi connectivity index (χ2n) is 5.74. The average molecular weight is 337 g/mol. The average Bonchev–Trinajstić information content (AvgIpc) is 3.26. The first kappa shape index (κ1) is 15.3. The van der Waals surface area contributed by atoms with Gasteiger partial charge in [-0.2, -0.15) is 0 Å². The van der Waals surface area contributed by atoms with Crippen LogP contribution >= 0.6 is 0 Å². The molecule has 7 heteroatoms. The molecule has 7 nitrogen and oxygen atoms in total. The molecular formula is C18H15N3O4. The number of pyridine rings is 1. The molecule has 1 amide bonds. The summed E-state index contributed by atoms with van der Waals surface area (Å²) in [6.45, 7) is 0.724. The lowest BCUT2D eigenvalue weighted by molar-refractivity contribution is -0.117. The van der Waals surface area contributed by atoms with Gasteiger partial charge < -0.3 is 14.1 Å². The van der Waals surface area contributed by atoms with Crippen LogP contribution in [0.2, 0.25) is 0 Å². The Morgan fingerprint density at radius 1 is 1.28 bits per heavy atom. The van der Waals surface area contributed by atoms with E-state index in [1.807, 2.05) is 12.1 Å². The van der Waals surface area contributed by atoms with Gasteiger partial charge in [0.05, 0.1) is 7.11 Å². The third-order valence-electron chi connectivity index (χ3n) is 4.16. The van der Waals surface area contributed by atoms with Crippen LogP contribution in [0, 0.1) is 0 Å². The number of carbonyl (C=O) groups excluding carboxylic acids is 2. The van der Waals surface area contributed by atoms with Crippen LogP contribution in [-0.4, -0.2) is 35.5 Å². The lowest BCUT2D eigenvalue weighted by Gasteiger charge is -2.14. The number of carbonyl (C=O) groups is 2. The highest BCUT2D eigenvalue weighted by Crippen LogP contribution is 2.29. The van der Waals surface area contributed by atoms with Crippen LogP contribution in [0.25, 0.3) is 22.6 Å². The smallest absolute Gasteiger partial charge is 0.356 e. The summed E-state index contributed by atoms with van der Waals surface area (Å²) in [5, 5.41) is 0. The largest absolute Gasteiger partial charge is 0.464 e. The van der Waals surface area contributed by atoms with Crippen molar-refractivity contribution in [2.24, 2.45) is 0 Å². The summed E-state index contributed by atoms with van der Waals surface area (Å²) < 4.78 is 10.5. The molecule has 3 aromatic rings. The molecule has 1 aromatic carbocycles. The van der Waals surface area contributed by atoms with E-state index in [-0.39, 0.29) is 11.6 Å². The van der Waals surface area contributed by atoms with E-state index in [1.165, 1.54) is 13.3 Å². The van der Waals surface area contributed by atoms with Gasteiger partial charge in [0.2, 0.25) is 11.8 Å². The maximum absolute atomic E-state index is 11.9. The van der Waals surface area contributed by atoms with Crippen molar-refractivity contribution in [3.63, 3.8) is 0 Å². The molecule has 0 unspecified atom stereocenters. The number of nitrogens with zero attached hydrogens (tertiary/aromatic N) is 3. The monoisotopic (exact) mass is 337 g/mol. The van der Waals surface area contributed by atoms with Gasteiger partial charge in [0.15, 0.2) is 5.58 Å². The van der Waals surface area contributed by atoms with Gasteiger partial charge in [0.25, 0.3) is 0 Å². The van der Waals surface area contributed by atoms with Crippen molar-refractivity contribution >= 4 is 28.7 Å². The Bertz CT molecular complexity index is 979. The number of oxazole rings is 1. The fraction of sp³-hybridized carbons (Fsp3) is 0.222. The third-order valence-corrected chi connectivity index (χ3v) is 4.16. The van der Waals surface area contributed by atoms with Gasteiger partial charge in [-0.3, -0.25) is 4.79 Å². The molecule has 1 aliphatic rings. The van der Waals surface area contributed by atoms with Crippen molar-refractivity contribution in [3.8, 4) is 11.5 Å². The van der Waals surface area contributed by atoms with Crippen molar-refractivity contribution < 1.29 is 18.7 Å². The minimum Gasteiger partial charge on any atom is -0.464 e. The summed E-state index contributed by atoms with van der Waals surface area (Å²) in [7, 11) is 1.30. The second-order valence-corrected chi connectivity index (χ2v) is 5.74. The molecule has 1 fully saturated rings. The topological polar surface area (TPSA) is 85.5 Å². The molecule has 3 heterocycles. The van der Waals surface area contributed by atoms with E-state index >= 15 is 0 Å². The van der Waals surface area contributed by atoms with E-state index in [0.717, 1.165) is 18.7 Å². The Morgan fingerprint density at radius 2 is 2.16 bits per heavy atom. The van der Waals surface area contributed by atoms with E-state index in [2.05, 4.69) is 14.7 Å². The molecule has 126 valence electrons. The van der Waals surface area contributed by atoms with E-state index in [1.54, 1.807) is 23.1 Å². The quantitative estimate of drug-likeness (QED) is 0.683. The van der Waals surface area contributed by atoms with Gasteiger partial charge in [-0.1, -0.05) is 0 Å². The summed E-state index contributed by atoms with van der Waals surface area (Å²) in [4.78, 5) is 33.7. The van der Waals surface area contributed by atoms with E-state index in [9.17, 15) is 9.59 Å². The maximum Gasteiger partial charge on any atom is 0.356 e. The Balaban J connectivity index is 1.72. The highest BCUT2D eigenvalue weighted by atomic mass is 16.5. The first-order valence-electron chi connectivity index (χ1n) is 7.91. The highest BCUT2D eigenvalue weighted by Gasteiger charge is 2.22. The van der Waals surface area contributed by atoms with Crippen molar-refractivity contribution in [2.45, 2.75) is 12.8 Å². The van der Waals surface area contributed by atoms with Gasteiger partial charge >= 0.3 is 5.97 Å². The summed E-state index contributed by atoms with van der Waals surface area (Å²) in [5.41, 5.74) is 2.90. The van der Waals surface area contributed by atoms with Crippen molar-refractivity contribution in [3.05, 3.63) is 42.2 Å². The number of anilines is 1. The number of hydrogen-bond acceptors (Lipinski definition) is 6. The molecule has 2 aromatic heterocycles. The van der Waals surface area contributed by atoms with Gasteiger partial charge in [-0.25, -0.2) is 14.8 Å². The number of rotatable bonds is 3. The van der Waals surface area contributed by atoms with Gasteiger partial charge in [0, 0.05) is 30.4 Å². The van der Waals surface area contributed by atoms with Gasteiger partial charge in [0.1, 0.15) is 11.2 Å². The molecule has 0 bridgehead atoms. The number of benzene rings is 1. The molecule has 0 atom stereocenters. The molecule has 1 aliphatic heterocycles. The third kappa shape index (κ3) is 2.73. The molecule has 0 radical (unpaired) electrons. The summed E-state index contributed by atoms with van der Waals surface area (Å²) >= 11 is 0. The Kier molecular flexibility index (Phi) is 3.68. The van der Waals surface area contributed by atoms with Crippen LogP contribution in [0.15, 0.2) is 40.9 Å². The fourth-order valence-electron chi connectivity index (χ4n) is 2.91. The molecule has 0 spiro atoms. The molecule has 0 aliphatic carbocycles. The van der Waals surface area contributed by atoms with E-state index in [4.69, 9.17) is 4.42 Å². The summed E-state index contributed by atoms with van der Waals surface area (Å²) in [6.07, 6.45) is 2.95. The zero-order chi connectivity index (χ0) is 17.4. The number of hydrogen-bond donors (Lipinski definition) is 0. The predicted molar refractivity (Wildman–Crippen MR) is 90.2 cm³/mol. The van der Waals surface area contributed by atoms with Crippen LogP contribution in [0.4, 0.5) is 5.69 Å². The molecular weight excluding hydrogens is 322 g/mol. The number of methoxy groups -OCH3 is 1. The highest BCUT2D eigenvalue weighted by molar-refractivity contribution is 5.97. The number of aromatic nitrogens is 2. The standard InChI is InChI=1S/C18H15N3O4/c1-24-18(23)14-9-11(6-7-19-14)17-20-13-10-12(4-5-15(13)25-17)21-8-2-3-16(21)22/h4-7,9-10H,2-3,8H2,1H3. The summed E-state index contributed by atoms with van der Waals surface area (Å²) in [6, 6.07) is 8.78. The van der Waals surface area contributed by atoms with Gasteiger partial charge in [-0.05, 0) is 36.8 Å². The Morgan fingerprint density at radius 3 is 2.92 bits per heavy atom. The fourth-order valence-corrected chi connectivity index (χ4v) is 2.91. The molecule has 25 heavy (non-hydrogen) atoms. The number of esters is 1. The lowest BCUT2D eigenvalue weighted by atomic mass is 10.2. The predicted octanol–water partition coefficient (Wildman–Crippen LogP) is 2.80. The van der Waals surface area contributed by atoms with Crippen molar-refractivity contribution in [2.75, 3.05) is 18.6 Å². The van der Waals surface area contributed by atoms with Crippen molar-refractivity contribution in [1.29, 1.82) is 0 Å². The Hall–Kier alpha value is -3.22. The van der Waals surface area contributed by atoms with Crippen LogP contribution in [0.3, 0.4) is 0 Å². The summed E-state index contributed by atoms with van der Waals surface area (Å²) in [5.74, 6) is -0.0137. The van der Waals surface area contributed by atoms with Crippen LogP contribution in [0.5, 0.6) is 0 Å². The van der Waals surface area contributed by atoms with Gasteiger partial charge in [-0.15, -0.1) is 0 Å². The normalized spacial score (nSPS) is 14.3. The first-order chi connectivity index (χ1) is 12.2. The van der Waals surface area contributed by atoms with E-state index in [0.29, 0.717) is 29.0 Å². The zero-order valence-electron chi connectivity index (χ0n) is 13.6. The van der Waals surface area contributed by atoms with E-state index < -0.39 is 5.97 Å². The van der Waals surface area contributed by atoms with Crippen LogP contribution in [-0.2, 0) is 9.53 Å². The first-order valence-corrected chi connectivity index (χ1v) is 7.91. The minimum atomic E-state index is -0.521.